The zero-order chi connectivity index (χ0) is 42.9. The van der Waals surface area contributed by atoms with E-state index >= 15 is 0 Å². The standard InChI is InChI=1S/C62H50Si2/c1-63(2,55-37-31-45-25-23-39-12-9-13-41-30-36-54(55)62(45)57(39)41)47-32-26-43(27-33-47)59-49-17-5-7-19-51(49)60(52-20-8-6-18-50(52)59)44-28-34-48(35-29-44)64(3,4)56-38-46-16-10-14-40-22-24-42-15-11-21-53(56)61(42)58(40)46/h5-11,13,15-23,26-38H,12,14,24-25H2,1-4H3. The van der Waals surface area contributed by atoms with Crippen LogP contribution in [0.25, 0.3) is 88.6 Å². The van der Waals surface area contributed by atoms with Gasteiger partial charge in [-0.05, 0) is 146 Å². The molecule has 0 aliphatic heterocycles. The van der Waals surface area contributed by atoms with Gasteiger partial charge < -0.3 is 0 Å². The molecule has 9 aromatic rings. The average molecular weight is 851 g/mol. The molecule has 0 nitrogen and oxygen atoms in total. The van der Waals surface area contributed by atoms with E-state index in [-0.39, 0.29) is 0 Å². The summed E-state index contributed by atoms with van der Waals surface area (Å²) in [6, 6.07) is 56.9. The molecule has 0 atom stereocenters. The van der Waals surface area contributed by atoms with Gasteiger partial charge in [-0.15, -0.1) is 0 Å². The molecule has 0 saturated heterocycles. The SMILES string of the molecule is C[Si](C)(c1ccc(-c2c3ccccc3c(-c3ccc([Si](C)(C)c4cc5c6c7c(cccc47)CC=C6CC=C5)cc3)c3ccccc23)cc1)c1ccc2c3c4c(ccc13)C=CCC4=CC2. The Labute approximate surface area is 378 Å². The number of allylic oxidation sites excluding steroid dienone is 6. The van der Waals surface area contributed by atoms with Gasteiger partial charge in [0.05, 0.1) is 0 Å². The molecular formula is C62H50Si2. The summed E-state index contributed by atoms with van der Waals surface area (Å²) < 4.78 is 0. The Morgan fingerprint density at radius 1 is 0.359 bits per heavy atom. The molecule has 0 N–H and O–H groups in total. The molecule has 4 aliphatic rings. The van der Waals surface area contributed by atoms with Crippen LogP contribution < -0.4 is 20.7 Å². The van der Waals surface area contributed by atoms with Gasteiger partial charge in [0, 0.05) is 0 Å². The highest BCUT2D eigenvalue weighted by atomic mass is 28.3. The Morgan fingerprint density at radius 3 is 1.39 bits per heavy atom. The number of hydrogen-bond donors (Lipinski definition) is 0. The van der Waals surface area contributed by atoms with Crippen molar-refractivity contribution in [1.29, 1.82) is 0 Å². The second-order valence-electron chi connectivity index (χ2n) is 19.8. The van der Waals surface area contributed by atoms with E-state index in [1.807, 2.05) is 0 Å². The lowest BCUT2D eigenvalue weighted by Crippen LogP contribution is -2.53. The fourth-order valence-electron chi connectivity index (χ4n) is 12.3. The van der Waals surface area contributed by atoms with E-state index in [0.29, 0.717) is 0 Å². The molecule has 306 valence electrons. The minimum absolute atomic E-state index is 1.03. The fourth-order valence-corrected chi connectivity index (χ4v) is 17.7. The normalized spacial score (nSPS) is 15.0. The molecule has 0 unspecified atom stereocenters. The first-order valence-corrected chi connectivity index (χ1v) is 29.3. The first-order chi connectivity index (χ1) is 31.3. The highest BCUT2D eigenvalue weighted by Crippen LogP contribution is 2.45. The summed E-state index contributed by atoms with van der Waals surface area (Å²) >= 11 is 0. The summed E-state index contributed by atoms with van der Waals surface area (Å²) in [5, 5.41) is 17.1. The quantitative estimate of drug-likeness (QED) is 0.115. The molecule has 0 saturated carbocycles. The zero-order valence-corrected chi connectivity index (χ0v) is 39.1. The van der Waals surface area contributed by atoms with Gasteiger partial charge >= 0.3 is 0 Å². The van der Waals surface area contributed by atoms with E-state index in [1.165, 1.54) is 125 Å². The van der Waals surface area contributed by atoms with E-state index in [1.54, 1.807) is 5.19 Å². The van der Waals surface area contributed by atoms with Crippen LogP contribution in [0.15, 0.2) is 170 Å². The van der Waals surface area contributed by atoms with Crippen LogP contribution in [0.1, 0.15) is 46.2 Å². The molecule has 0 heterocycles. The molecular weight excluding hydrogens is 801 g/mol. The third-order valence-corrected chi connectivity index (χ3v) is 22.8. The van der Waals surface area contributed by atoms with Crippen molar-refractivity contribution in [3.8, 4) is 22.3 Å². The van der Waals surface area contributed by atoms with Crippen molar-refractivity contribution in [3.05, 3.63) is 203 Å². The van der Waals surface area contributed by atoms with E-state index in [9.17, 15) is 0 Å². The number of fused-ring (bicyclic) bond motifs is 2. The van der Waals surface area contributed by atoms with Crippen molar-refractivity contribution < 1.29 is 0 Å². The Kier molecular flexibility index (Phi) is 8.27. The number of rotatable bonds is 6. The lowest BCUT2D eigenvalue weighted by atomic mass is 9.81. The zero-order valence-electron chi connectivity index (χ0n) is 37.1. The van der Waals surface area contributed by atoms with Crippen LogP contribution in [0.4, 0.5) is 0 Å². The van der Waals surface area contributed by atoms with Gasteiger partial charge in [-0.3, -0.25) is 0 Å². The summed E-state index contributed by atoms with van der Waals surface area (Å²) in [6.07, 6.45) is 18.4. The first-order valence-electron chi connectivity index (χ1n) is 23.3. The smallest absolute Gasteiger partial charge is 0.0795 e. The minimum Gasteiger partial charge on any atom is -0.0795 e. The summed E-state index contributed by atoms with van der Waals surface area (Å²) in [7, 11) is -4.18. The highest BCUT2D eigenvalue weighted by molar-refractivity contribution is 7.02. The van der Waals surface area contributed by atoms with Crippen LogP contribution in [0.2, 0.25) is 26.2 Å². The molecule has 13 rings (SSSR count). The van der Waals surface area contributed by atoms with Gasteiger partial charge in [0.15, 0.2) is 0 Å². The van der Waals surface area contributed by atoms with E-state index in [0.717, 1.165) is 25.7 Å². The highest BCUT2D eigenvalue weighted by Gasteiger charge is 2.33. The summed E-state index contributed by atoms with van der Waals surface area (Å²) in [4.78, 5) is 0. The molecule has 9 aromatic carbocycles. The summed E-state index contributed by atoms with van der Waals surface area (Å²) in [6.45, 7) is 10.2. The minimum atomic E-state index is -2.10. The maximum absolute atomic E-state index is 2.55. The van der Waals surface area contributed by atoms with Gasteiger partial charge in [-0.25, -0.2) is 0 Å². The first kappa shape index (κ1) is 37.9. The van der Waals surface area contributed by atoms with E-state index < -0.39 is 16.1 Å². The van der Waals surface area contributed by atoms with Gasteiger partial charge in [0.25, 0.3) is 0 Å². The Balaban J connectivity index is 0.896. The van der Waals surface area contributed by atoms with E-state index in [2.05, 4.69) is 208 Å². The van der Waals surface area contributed by atoms with Crippen molar-refractivity contribution in [2.24, 2.45) is 0 Å². The van der Waals surface area contributed by atoms with Crippen LogP contribution in [0, 0.1) is 0 Å². The molecule has 0 radical (unpaired) electrons. The second kappa shape index (κ2) is 14.0. The fraction of sp³-hybridized carbons (Fsp3) is 0.129. The predicted octanol–water partition coefficient (Wildman–Crippen LogP) is 14.0. The van der Waals surface area contributed by atoms with Crippen LogP contribution >= 0.6 is 0 Å². The Hall–Kier alpha value is -6.59. The average Bonchev–Trinajstić information content (AvgIpc) is 3.34. The van der Waals surface area contributed by atoms with Gasteiger partial charge in [-0.2, -0.15) is 0 Å². The third-order valence-electron chi connectivity index (χ3n) is 15.7. The predicted molar refractivity (Wildman–Crippen MR) is 284 cm³/mol. The molecule has 0 fully saturated rings. The van der Waals surface area contributed by atoms with Crippen LogP contribution in [-0.4, -0.2) is 16.1 Å². The van der Waals surface area contributed by atoms with Crippen LogP contribution in [0.3, 0.4) is 0 Å². The molecule has 0 amide bonds. The monoisotopic (exact) mass is 850 g/mol. The summed E-state index contributed by atoms with van der Waals surface area (Å²) in [5.41, 5.74) is 16.9. The summed E-state index contributed by atoms with van der Waals surface area (Å²) in [5.74, 6) is 0. The van der Waals surface area contributed by atoms with Crippen molar-refractivity contribution in [1.82, 2.24) is 0 Å². The van der Waals surface area contributed by atoms with Crippen LogP contribution in [0.5, 0.6) is 0 Å². The topological polar surface area (TPSA) is 0 Å². The lowest BCUT2D eigenvalue weighted by Gasteiger charge is -2.31. The Morgan fingerprint density at radius 2 is 0.828 bits per heavy atom. The molecule has 64 heavy (non-hydrogen) atoms. The maximum Gasteiger partial charge on any atom is 0.113 e. The van der Waals surface area contributed by atoms with Crippen LogP contribution in [-0.2, 0) is 12.8 Å². The molecule has 0 spiro atoms. The van der Waals surface area contributed by atoms with Crippen molar-refractivity contribution in [2.45, 2.75) is 51.9 Å². The van der Waals surface area contributed by atoms with E-state index in [4.69, 9.17) is 0 Å². The Bertz CT molecular complexity index is 3570. The molecule has 2 heteroatoms. The van der Waals surface area contributed by atoms with Crippen molar-refractivity contribution in [3.63, 3.8) is 0 Å². The molecule has 4 aliphatic carbocycles. The lowest BCUT2D eigenvalue weighted by molar-refractivity contribution is 1.23. The third kappa shape index (κ3) is 5.46. The van der Waals surface area contributed by atoms with Gasteiger partial charge in [0.2, 0.25) is 0 Å². The molecule has 0 aromatic heterocycles. The maximum atomic E-state index is 2.55. The number of benzene rings is 9. The number of hydrogen-bond acceptors (Lipinski definition) is 0. The molecule has 0 bridgehead atoms. The largest absolute Gasteiger partial charge is 0.113 e. The van der Waals surface area contributed by atoms with Crippen molar-refractivity contribution >= 4 is 103 Å². The van der Waals surface area contributed by atoms with Gasteiger partial charge in [0.1, 0.15) is 16.1 Å². The van der Waals surface area contributed by atoms with Gasteiger partial charge in [-0.1, -0.05) is 219 Å². The van der Waals surface area contributed by atoms with Crippen molar-refractivity contribution in [2.75, 3.05) is 0 Å². The second-order valence-corrected chi connectivity index (χ2v) is 28.5.